The predicted molar refractivity (Wildman–Crippen MR) is 35.8 cm³/mol. The van der Waals surface area contributed by atoms with E-state index in [1.165, 1.54) is 10.9 Å². The molecule has 0 fully saturated rings. The summed E-state index contributed by atoms with van der Waals surface area (Å²) in [5.41, 5.74) is 0.468. The van der Waals surface area contributed by atoms with Gasteiger partial charge in [-0.2, -0.15) is 5.10 Å². The Morgan fingerprint density at radius 3 is 2.82 bits per heavy atom. The summed E-state index contributed by atoms with van der Waals surface area (Å²) >= 11 is -2.26. The number of rotatable bonds is 2. The minimum Gasteiger partial charge on any atom is -0.755 e. The van der Waals surface area contributed by atoms with Crippen molar-refractivity contribution in [1.82, 2.24) is 9.78 Å². The van der Waals surface area contributed by atoms with Crippen molar-refractivity contribution in [3.05, 3.63) is 12.4 Å². The van der Waals surface area contributed by atoms with Crippen LogP contribution >= 0.6 is 0 Å². The van der Waals surface area contributed by atoms with E-state index < -0.39 is 11.3 Å². The van der Waals surface area contributed by atoms with Crippen molar-refractivity contribution < 1.29 is 38.3 Å². The molecule has 0 aliphatic heterocycles. The van der Waals surface area contributed by atoms with Gasteiger partial charge >= 0.3 is 29.6 Å². The quantitative estimate of drug-likeness (QED) is 0.384. The minimum atomic E-state index is -2.26. The predicted octanol–water partition coefficient (Wildman–Crippen LogP) is -3.37. The molecule has 1 atom stereocenters. The van der Waals surface area contributed by atoms with Crippen molar-refractivity contribution in [3.63, 3.8) is 0 Å². The monoisotopic (exact) mass is 183 g/mol. The summed E-state index contributed by atoms with van der Waals surface area (Å²) < 4.78 is 23.7. The number of hydrogen-bond acceptors (Lipinski definition) is 3. The fourth-order valence-corrected chi connectivity index (χ4v) is 0.868. The summed E-state index contributed by atoms with van der Waals surface area (Å²) in [4.78, 5) is 0. The van der Waals surface area contributed by atoms with Crippen LogP contribution in [0.4, 0.5) is 5.69 Å². The fraction of sp³-hybridized carbons (Fsp3) is 0.250. The average molecular weight is 183 g/mol. The third-order valence-electron chi connectivity index (χ3n) is 0.906. The molecule has 7 heteroatoms. The number of hydrogen-bond donors (Lipinski definition) is 1. The molecule has 1 rings (SSSR count). The van der Waals surface area contributed by atoms with E-state index >= 15 is 0 Å². The third kappa shape index (κ3) is 3.88. The van der Waals surface area contributed by atoms with Crippen LogP contribution in [0.3, 0.4) is 0 Å². The molecule has 0 radical (unpaired) electrons. The molecular formula is C4H6N3NaO2S. The zero-order valence-corrected chi connectivity index (χ0v) is 9.09. The SMILES string of the molecule is Cn1cc(NS(=O)[O-])cn1.[Na+]. The normalized spacial score (nSPS) is 11.8. The summed E-state index contributed by atoms with van der Waals surface area (Å²) in [5.74, 6) is 0. The van der Waals surface area contributed by atoms with E-state index in [-0.39, 0.29) is 29.6 Å². The van der Waals surface area contributed by atoms with E-state index in [1.54, 1.807) is 13.2 Å². The molecule has 0 saturated heterocycles. The number of anilines is 1. The molecule has 1 aromatic heterocycles. The summed E-state index contributed by atoms with van der Waals surface area (Å²) in [6.45, 7) is 0. The van der Waals surface area contributed by atoms with Gasteiger partial charge in [0.05, 0.1) is 11.9 Å². The zero-order valence-electron chi connectivity index (χ0n) is 6.27. The van der Waals surface area contributed by atoms with Gasteiger partial charge < -0.3 is 9.27 Å². The molecular weight excluding hydrogens is 177 g/mol. The molecule has 1 heterocycles. The van der Waals surface area contributed by atoms with E-state index in [1.807, 2.05) is 0 Å². The van der Waals surface area contributed by atoms with Gasteiger partial charge in [-0.1, -0.05) is 0 Å². The van der Waals surface area contributed by atoms with Crippen LogP contribution in [0.5, 0.6) is 0 Å². The number of aromatic nitrogens is 2. The largest absolute Gasteiger partial charge is 1.00 e. The van der Waals surface area contributed by atoms with Crippen LogP contribution in [0.2, 0.25) is 0 Å². The molecule has 56 valence electrons. The molecule has 1 unspecified atom stereocenters. The van der Waals surface area contributed by atoms with E-state index in [2.05, 4.69) is 9.82 Å². The van der Waals surface area contributed by atoms with Crippen molar-refractivity contribution >= 4 is 17.0 Å². The van der Waals surface area contributed by atoms with E-state index in [0.29, 0.717) is 5.69 Å². The first kappa shape index (κ1) is 11.1. The minimum absolute atomic E-state index is 0. The zero-order chi connectivity index (χ0) is 7.56. The Balaban J connectivity index is 0.000001000. The first-order valence-electron chi connectivity index (χ1n) is 2.53. The van der Waals surface area contributed by atoms with E-state index in [4.69, 9.17) is 0 Å². The second-order valence-corrected chi connectivity index (χ2v) is 2.41. The Labute approximate surface area is 88.9 Å². The Morgan fingerprint density at radius 1 is 1.82 bits per heavy atom. The maximum absolute atomic E-state index is 10.0. The molecule has 0 aliphatic carbocycles. The van der Waals surface area contributed by atoms with Crippen LogP contribution < -0.4 is 34.3 Å². The van der Waals surface area contributed by atoms with Gasteiger partial charge in [0.1, 0.15) is 0 Å². The number of aryl methyl sites for hydroxylation is 1. The standard InChI is InChI=1S/C4H7N3O2S.Na/c1-7-3-4(2-5-7)6-10(8)9;/h2-3,6H,1H3,(H,8,9);/q;+1/p-1. The molecule has 0 saturated carbocycles. The van der Waals surface area contributed by atoms with Crippen molar-refractivity contribution in [1.29, 1.82) is 0 Å². The maximum atomic E-state index is 10.0. The average Bonchev–Trinajstić information content (AvgIpc) is 2.13. The number of nitrogens with zero attached hydrogens (tertiary/aromatic N) is 2. The van der Waals surface area contributed by atoms with Crippen molar-refractivity contribution in [3.8, 4) is 0 Å². The Bertz CT molecular complexity index is 251. The molecule has 1 N–H and O–H groups in total. The third-order valence-corrected chi connectivity index (χ3v) is 1.31. The van der Waals surface area contributed by atoms with Gasteiger partial charge in [-0.05, 0) is 0 Å². The summed E-state index contributed by atoms with van der Waals surface area (Å²) in [5, 5.41) is 3.75. The topological polar surface area (TPSA) is 70.0 Å². The van der Waals surface area contributed by atoms with Gasteiger partial charge in [-0.3, -0.25) is 8.89 Å². The molecule has 0 spiro atoms. The molecule has 0 aliphatic rings. The van der Waals surface area contributed by atoms with Crippen LogP contribution in [0.15, 0.2) is 12.4 Å². The second kappa shape index (κ2) is 4.89. The molecule has 0 bridgehead atoms. The van der Waals surface area contributed by atoms with Crippen LogP contribution in [-0.2, 0) is 18.3 Å². The summed E-state index contributed by atoms with van der Waals surface area (Å²) in [6, 6.07) is 0. The Morgan fingerprint density at radius 2 is 2.45 bits per heavy atom. The summed E-state index contributed by atoms with van der Waals surface area (Å²) in [7, 11) is 1.71. The fourth-order valence-electron chi connectivity index (χ4n) is 0.570. The Hall–Kier alpha value is 0.120. The Kier molecular flexibility index (Phi) is 4.94. The van der Waals surface area contributed by atoms with E-state index in [9.17, 15) is 8.76 Å². The van der Waals surface area contributed by atoms with Gasteiger partial charge in [0.2, 0.25) is 0 Å². The molecule has 0 aromatic carbocycles. The van der Waals surface area contributed by atoms with Crippen LogP contribution in [0.25, 0.3) is 0 Å². The number of nitrogens with one attached hydrogen (secondary N) is 1. The second-order valence-electron chi connectivity index (χ2n) is 1.74. The first-order valence-corrected chi connectivity index (χ1v) is 3.60. The van der Waals surface area contributed by atoms with Gasteiger partial charge in [0.25, 0.3) is 0 Å². The van der Waals surface area contributed by atoms with Gasteiger partial charge in [-0.25, -0.2) is 0 Å². The van der Waals surface area contributed by atoms with Gasteiger partial charge in [0, 0.05) is 24.5 Å². The molecule has 0 amide bonds. The molecule has 1 aromatic rings. The summed E-state index contributed by atoms with van der Waals surface area (Å²) in [6.07, 6.45) is 2.99. The van der Waals surface area contributed by atoms with Crippen LogP contribution in [0, 0.1) is 0 Å². The van der Waals surface area contributed by atoms with Crippen LogP contribution in [-0.4, -0.2) is 18.5 Å². The molecule has 11 heavy (non-hydrogen) atoms. The van der Waals surface area contributed by atoms with Crippen molar-refractivity contribution in [2.75, 3.05) is 4.72 Å². The first-order chi connectivity index (χ1) is 4.68. The van der Waals surface area contributed by atoms with Gasteiger partial charge in [-0.15, -0.1) is 0 Å². The van der Waals surface area contributed by atoms with Crippen molar-refractivity contribution in [2.24, 2.45) is 7.05 Å². The maximum Gasteiger partial charge on any atom is 1.00 e. The van der Waals surface area contributed by atoms with E-state index in [0.717, 1.165) is 0 Å². The molecule has 5 nitrogen and oxygen atoms in total. The van der Waals surface area contributed by atoms with Crippen LogP contribution in [0.1, 0.15) is 0 Å². The van der Waals surface area contributed by atoms with Crippen molar-refractivity contribution in [2.45, 2.75) is 0 Å². The smallest absolute Gasteiger partial charge is 0.755 e. The van der Waals surface area contributed by atoms with Gasteiger partial charge in [0.15, 0.2) is 0 Å².